The van der Waals surface area contributed by atoms with Crippen molar-refractivity contribution in [3.05, 3.63) is 59.9 Å². The minimum Gasteiger partial charge on any atom is -0.326 e. The van der Waals surface area contributed by atoms with E-state index in [-0.39, 0.29) is 29.5 Å². The van der Waals surface area contributed by atoms with E-state index in [2.05, 4.69) is 5.32 Å². The first kappa shape index (κ1) is 16.2. The molecule has 0 aliphatic carbocycles. The highest BCUT2D eigenvalue weighted by Gasteiger charge is 2.10. The molecule has 0 bridgehead atoms. The van der Waals surface area contributed by atoms with Crippen molar-refractivity contribution in [2.75, 3.05) is 11.6 Å². The number of carbonyl (C=O) groups is 1. The van der Waals surface area contributed by atoms with Crippen molar-refractivity contribution in [3.8, 4) is 0 Å². The van der Waals surface area contributed by atoms with E-state index in [0.29, 0.717) is 11.3 Å². The minimum absolute atomic E-state index is 0.115. The molecule has 0 spiro atoms. The Morgan fingerprint density at radius 2 is 1.86 bits per heavy atom. The molecule has 0 atom stereocenters. The third kappa shape index (κ3) is 4.39. The monoisotopic (exact) mass is 321 g/mol. The van der Waals surface area contributed by atoms with Crippen LogP contribution in [-0.2, 0) is 21.1 Å². The second kappa shape index (κ2) is 6.70. The normalized spacial score (nSPS) is 11.2. The summed E-state index contributed by atoms with van der Waals surface area (Å²) >= 11 is 0. The molecule has 6 heteroatoms. The van der Waals surface area contributed by atoms with E-state index < -0.39 is 9.84 Å². The summed E-state index contributed by atoms with van der Waals surface area (Å²) in [7, 11) is -3.32. The molecule has 1 N–H and O–H groups in total. The quantitative estimate of drug-likeness (QED) is 0.921. The molecule has 0 unspecified atom stereocenters. The maximum absolute atomic E-state index is 13.5. The summed E-state index contributed by atoms with van der Waals surface area (Å²) in [5.74, 6) is -0.636. The van der Waals surface area contributed by atoms with Crippen molar-refractivity contribution in [2.24, 2.45) is 0 Å². The van der Waals surface area contributed by atoms with E-state index in [0.717, 1.165) is 6.26 Å². The SMILES string of the molecule is CS(=O)(=O)c1cccc(NC(=O)CCc2ccccc2F)c1. The third-order valence-corrected chi connectivity index (χ3v) is 4.24. The van der Waals surface area contributed by atoms with E-state index in [4.69, 9.17) is 0 Å². The van der Waals surface area contributed by atoms with Gasteiger partial charge in [0.1, 0.15) is 5.82 Å². The first-order chi connectivity index (χ1) is 10.4. The second-order valence-electron chi connectivity index (χ2n) is 4.94. The Morgan fingerprint density at radius 3 is 2.55 bits per heavy atom. The van der Waals surface area contributed by atoms with E-state index in [9.17, 15) is 17.6 Å². The fourth-order valence-electron chi connectivity index (χ4n) is 1.98. The molecule has 2 rings (SSSR count). The Kier molecular flexibility index (Phi) is 4.92. The van der Waals surface area contributed by atoms with E-state index in [1.165, 1.54) is 18.2 Å². The van der Waals surface area contributed by atoms with Gasteiger partial charge in [0.05, 0.1) is 4.90 Å². The van der Waals surface area contributed by atoms with Crippen molar-refractivity contribution >= 4 is 21.4 Å². The van der Waals surface area contributed by atoms with Crippen LogP contribution >= 0.6 is 0 Å². The van der Waals surface area contributed by atoms with Gasteiger partial charge in [-0.1, -0.05) is 24.3 Å². The van der Waals surface area contributed by atoms with Crippen LogP contribution in [-0.4, -0.2) is 20.6 Å². The van der Waals surface area contributed by atoms with E-state index in [1.807, 2.05) is 0 Å². The lowest BCUT2D eigenvalue weighted by Gasteiger charge is -2.07. The average Bonchev–Trinajstić information content (AvgIpc) is 2.46. The molecule has 2 aromatic carbocycles. The van der Waals surface area contributed by atoms with Crippen LogP contribution in [0.5, 0.6) is 0 Å². The van der Waals surface area contributed by atoms with Gasteiger partial charge in [0, 0.05) is 18.4 Å². The van der Waals surface area contributed by atoms with Gasteiger partial charge in [0.15, 0.2) is 9.84 Å². The first-order valence-electron chi connectivity index (χ1n) is 6.69. The number of benzene rings is 2. The molecule has 1 amide bonds. The number of hydrogen-bond acceptors (Lipinski definition) is 3. The largest absolute Gasteiger partial charge is 0.326 e. The Balaban J connectivity index is 2.00. The molecule has 22 heavy (non-hydrogen) atoms. The number of anilines is 1. The zero-order chi connectivity index (χ0) is 16.2. The number of aryl methyl sites for hydroxylation is 1. The summed E-state index contributed by atoms with van der Waals surface area (Å²) in [4.78, 5) is 12.0. The Bertz CT molecular complexity index is 787. The van der Waals surface area contributed by atoms with E-state index >= 15 is 0 Å². The predicted molar refractivity (Wildman–Crippen MR) is 82.9 cm³/mol. The molecular weight excluding hydrogens is 305 g/mol. The third-order valence-electron chi connectivity index (χ3n) is 3.13. The van der Waals surface area contributed by atoms with Crippen molar-refractivity contribution < 1.29 is 17.6 Å². The molecule has 0 aliphatic rings. The lowest BCUT2D eigenvalue weighted by Crippen LogP contribution is -2.13. The molecule has 0 fully saturated rings. The van der Waals surface area contributed by atoms with Gasteiger partial charge < -0.3 is 5.32 Å². The molecule has 0 aromatic heterocycles. The van der Waals surface area contributed by atoms with Crippen molar-refractivity contribution in [1.29, 1.82) is 0 Å². The maximum Gasteiger partial charge on any atom is 0.224 e. The Labute approximate surface area is 128 Å². The second-order valence-corrected chi connectivity index (χ2v) is 6.96. The number of sulfone groups is 1. The minimum atomic E-state index is -3.32. The molecular formula is C16H16FNO3S. The number of nitrogens with one attached hydrogen (secondary N) is 1. The Morgan fingerprint density at radius 1 is 1.14 bits per heavy atom. The van der Waals surface area contributed by atoms with Crippen LogP contribution in [0.4, 0.5) is 10.1 Å². The molecule has 0 heterocycles. The van der Waals surface area contributed by atoms with Gasteiger partial charge in [-0.2, -0.15) is 0 Å². The van der Waals surface area contributed by atoms with Crippen molar-refractivity contribution in [2.45, 2.75) is 17.7 Å². The molecule has 116 valence electrons. The number of hydrogen-bond donors (Lipinski definition) is 1. The van der Waals surface area contributed by atoms with Gasteiger partial charge in [-0.3, -0.25) is 4.79 Å². The van der Waals surface area contributed by atoms with Gasteiger partial charge in [0.25, 0.3) is 0 Å². The predicted octanol–water partition coefficient (Wildman–Crippen LogP) is 2.80. The standard InChI is InChI=1S/C16H16FNO3S/c1-22(20,21)14-7-4-6-13(11-14)18-16(19)10-9-12-5-2-3-8-15(12)17/h2-8,11H,9-10H2,1H3,(H,18,19). The molecule has 4 nitrogen and oxygen atoms in total. The fraction of sp³-hybridized carbons (Fsp3) is 0.188. The average molecular weight is 321 g/mol. The van der Waals surface area contributed by atoms with Crippen molar-refractivity contribution in [3.63, 3.8) is 0 Å². The highest BCUT2D eigenvalue weighted by atomic mass is 32.2. The number of rotatable bonds is 5. The van der Waals surface area contributed by atoms with Gasteiger partial charge in [-0.05, 0) is 36.2 Å². The van der Waals surface area contributed by atoms with Crippen LogP contribution < -0.4 is 5.32 Å². The van der Waals surface area contributed by atoms with Crippen LogP contribution in [0.2, 0.25) is 0 Å². The number of carbonyl (C=O) groups excluding carboxylic acids is 1. The van der Waals surface area contributed by atoms with Crippen LogP contribution in [0, 0.1) is 5.82 Å². The molecule has 0 radical (unpaired) electrons. The summed E-state index contributed by atoms with van der Waals surface area (Å²) in [6.07, 6.45) is 1.50. The topological polar surface area (TPSA) is 63.2 Å². The van der Waals surface area contributed by atoms with Gasteiger partial charge in [-0.15, -0.1) is 0 Å². The van der Waals surface area contributed by atoms with Crippen LogP contribution in [0.25, 0.3) is 0 Å². The summed E-state index contributed by atoms with van der Waals surface area (Å²) in [5.41, 5.74) is 0.879. The van der Waals surface area contributed by atoms with Crippen LogP contribution in [0.15, 0.2) is 53.4 Å². The van der Waals surface area contributed by atoms with E-state index in [1.54, 1.807) is 30.3 Å². The summed E-state index contributed by atoms with van der Waals surface area (Å²) in [6, 6.07) is 12.3. The zero-order valence-electron chi connectivity index (χ0n) is 12.0. The molecule has 2 aromatic rings. The first-order valence-corrected chi connectivity index (χ1v) is 8.59. The lowest BCUT2D eigenvalue weighted by molar-refractivity contribution is -0.116. The van der Waals surface area contributed by atoms with Crippen LogP contribution in [0.3, 0.4) is 0 Å². The highest BCUT2D eigenvalue weighted by molar-refractivity contribution is 7.90. The summed E-state index contributed by atoms with van der Waals surface area (Å²) < 4.78 is 36.4. The molecule has 0 saturated carbocycles. The Hall–Kier alpha value is -2.21. The fourth-order valence-corrected chi connectivity index (χ4v) is 2.64. The van der Waals surface area contributed by atoms with Gasteiger partial charge >= 0.3 is 0 Å². The maximum atomic E-state index is 13.5. The number of amides is 1. The summed E-state index contributed by atoms with van der Waals surface area (Å²) in [6.45, 7) is 0. The number of halogens is 1. The van der Waals surface area contributed by atoms with Crippen molar-refractivity contribution in [1.82, 2.24) is 0 Å². The smallest absolute Gasteiger partial charge is 0.224 e. The zero-order valence-corrected chi connectivity index (χ0v) is 12.9. The molecule has 0 saturated heterocycles. The summed E-state index contributed by atoms with van der Waals surface area (Å²) in [5, 5.41) is 2.62. The highest BCUT2D eigenvalue weighted by Crippen LogP contribution is 2.16. The van der Waals surface area contributed by atoms with Crippen LogP contribution in [0.1, 0.15) is 12.0 Å². The molecule has 0 aliphatic heterocycles. The van der Waals surface area contributed by atoms with Gasteiger partial charge in [-0.25, -0.2) is 12.8 Å². The lowest BCUT2D eigenvalue weighted by atomic mass is 10.1. The van der Waals surface area contributed by atoms with Gasteiger partial charge in [0.2, 0.25) is 5.91 Å².